The first-order chi connectivity index (χ1) is 12.8. The molecule has 26 heavy (non-hydrogen) atoms. The van der Waals surface area contributed by atoms with Crippen LogP contribution in [-0.4, -0.2) is 11.6 Å². The number of nitrogens with zero attached hydrogens (tertiary/aromatic N) is 1. The highest BCUT2D eigenvalue weighted by Gasteiger charge is 2.28. The van der Waals surface area contributed by atoms with Crippen molar-refractivity contribution >= 4 is 16.6 Å². The van der Waals surface area contributed by atoms with Gasteiger partial charge in [-0.25, -0.2) is 0 Å². The standard InChI is InChI=1S/C21H16N2O.CH5N/c22-16-10-11-17-19-12-15-8-4-5-9-18(15)23(19)21(24-20(17)13-16)14-6-2-1-3-7-14;1-2/h1-13,21H,22H2;2H2,1H3. The summed E-state index contributed by atoms with van der Waals surface area (Å²) in [6.45, 7) is 0. The minimum absolute atomic E-state index is 0.199. The zero-order chi connectivity index (χ0) is 18.1. The molecule has 5 rings (SSSR count). The topological polar surface area (TPSA) is 66.2 Å². The first-order valence-electron chi connectivity index (χ1n) is 8.60. The molecular formula is C22H21N3O. The van der Waals surface area contributed by atoms with Crippen LogP contribution >= 0.6 is 0 Å². The maximum absolute atomic E-state index is 6.37. The van der Waals surface area contributed by atoms with E-state index in [9.17, 15) is 0 Å². The van der Waals surface area contributed by atoms with E-state index in [4.69, 9.17) is 10.5 Å². The summed E-state index contributed by atoms with van der Waals surface area (Å²) in [5.74, 6) is 0.833. The lowest BCUT2D eigenvalue weighted by atomic mass is 10.1. The molecule has 4 aromatic rings. The lowest BCUT2D eigenvalue weighted by Crippen LogP contribution is -2.22. The zero-order valence-electron chi connectivity index (χ0n) is 14.6. The third kappa shape index (κ3) is 2.52. The molecule has 0 saturated carbocycles. The third-order valence-electron chi connectivity index (χ3n) is 4.59. The number of anilines is 1. The fraction of sp³-hybridized carbons (Fsp3) is 0.0909. The van der Waals surface area contributed by atoms with Gasteiger partial charge in [-0.15, -0.1) is 0 Å². The van der Waals surface area contributed by atoms with Gasteiger partial charge in [-0.05, 0) is 31.3 Å². The Labute approximate surface area is 152 Å². The number of para-hydroxylation sites is 1. The van der Waals surface area contributed by atoms with Gasteiger partial charge in [0.05, 0.1) is 11.2 Å². The van der Waals surface area contributed by atoms with Gasteiger partial charge >= 0.3 is 0 Å². The van der Waals surface area contributed by atoms with E-state index in [1.54, 1.807) is 0 Å². The Morgan fingerprint density at radius 1 is 0.846 bits per heavy atom. The lowest BCUT2D eigenvalue weighted by Gasteiger charge is -2.30. The van der Waals surface area contributed by atoms with Crippen LogP contribution < -0.4 is 16.2 Å². The molecular weight excluding hydrogens is 322 g/mol. The highest BCUT2D eigenvalue weighted by atomic mass is 16.5. The van der Waals surface area contributed by atoms with Crippen LogP contribution in [0.15, 0.2) is 78.9 Å². The summed E-state index contributed by atoms with van der Waals surface area (Å²) in [5, 5.41) is 1.21. The Bertz CT molecular complexity index is 1050. The van der Waals surface area contributed by atoms with Crippen LogP contribution in [0.1, 0.15) is 11.8 Å². The van der Waals surface area contributed by atoms with Gasteiger partial charge in [-0.2, -0.15) is 0 Å². The molecule has 0 bridgehead atoms. The number of benzene rings is 3. The molecule has 4 N–H and O–H groups in total. The second kappa shape index (κ2) is 6.58. The Kier molecular flexibility index (Phi) is 4.11. The molecule has 1 atom stereocenters. The van der Waals surface area contributed by atoms with Crippen LogP contribution in [-0.2, 0) is 0 Å². The van der Waals surface area contributed by atoms with Crippen molar-refractivity contribution in [1.82, 2.24) is 4.57 Å². The number of hydrogen-bond acceptors (Lipinski definition) is 3. The minimum atomic E-state index is -0.199. The number of hydrogen-bond donors (Lipinski definition) is 2. The van der Waals surface area contributed by atoms with Gasteiger partial charge in [0, 0.05) is 28.3 Å². The molecule has 1 unspecified atom stereocenters. The van der Waals surface area contributed by atoms with E-state index < -0.39 is 0 Å². The average molecular weight is 343 g/mol. The molecule has 0 amide bonds. The second-order valence-corrected chi connectivity index (χ2v) is 6.09. The maximum Gasteiger partial charge on any atom is 0.203 e. The molecule has 1 aliphatic heterocycles. The highest BCUT2D eigenvalue weighted by Crippen LogP contribution is 2.44. The normalized spacial score (nSPS) is 14.6. The van der Waals surface area contributed by atoms with Crippen molar-refractivity contribution in [1.29, 1.82) is 0 Å². The minimum Gasteiger partial charge on any atom is -0.465 e. The maximum atomic E-state index is 6.37. The number of nitrogen functional groups attached to an aromatic ring is 1. The number of aromatic nitrogens is 1. The Morgan fingerprint density at radius 3 is 2.38 bits per heavy atom. The molecule has 4 nitrogen and oxygen atoms in total. The van der Waals surface area contributed by atoms with Crippen LogP contribution in [0.25, 0.3) is 22.2 Å². The number of fused-ring (bicyclic) bond motifs is 5. The van der Waals surface area contributed by atoms with E-state index in [0.29, 0.717) is 5.69 Å². The molecule has 4 heteroatoms. The molecule has 2 heterocycles. The summed E-state index contributed by atoms with van der Waals surface area (Å²) in [5.41, 5.74) is 15.7. The van der Waals surface area contributed by atoms with Gasteiger partial charge in [0.1, 0.15) is 5.75 Å². The fourth-order valence-corrected chi connectivity index (χ4v) is 3.49. The van der Waals surface area contributed by atoms with Gasteiger partial charge in [-0.3, -0.25) is 0 Å². The molecule has 0 aliphatic carbocycles. The van der Waals surface area contributed by atoms with Crippen molar-refractivity contribution in [2.45, 2.75) is 6.23 Å². The Balaban J connectivity index is 0.000000814. The summed E-state index contributed by atoms with van der Waals surface area (Å²) in [4.78, 5) is 0. The van der Waals surface area contributed by atoms with Gasteiger partial charge in [-0.1, -0.05) is 48.5 Å². The van der Waals surface area contributed by atoms with Crippen LogP contribution in [0.4, 0.5) is 5.69 Å². The molecule has 1 aromatic heterocycles. The van der Waals surface area contributed by atoms with Gasteiger partial charge < -0.3 is 20.8 Å². The van der Waals surface area contributed by atoms with Crippen molar-refractivity contribution in [3.63, 3.8) is 0 Å². The largest absolute Gasteiger partial charge is 0.465 e. The van der Waals surface area contributed by atoms with Crippen LogP contribution in [0.5, 0.6) is 5.75 Å². The molecule has 0 fully saturated rings. The molecule has 0 radical (unpaired) electrons. The van der Waals surface area contributed by atoms with Crippen molar-refractivity contribution in [2.75, 3.05) is 12.8 Å². The van der Waals surface area contributed by atoms with E-state index in [0.717, 1.165) is 22.6 Å². The van der Waals surface area contributed by atoms with E-state index in [-0.39, 0.29) is 6.23 Å². The molecule has 3 aromatic carbocycles. The lowest BCUT2D eigenvalue weighted by molar-refractivity contribution is 0.173. The number of ether oxygens (including phenoxy) is 1. The Hall–Kier alpha value is -3.24. The zero-order valence-corrected chi connectivity index (χ0v) is 14.6. The molecule has 0 saturated heterocycles. The summed E-state index contributed by atoms with van der Waals surface area (Å²) in [6, 6.07) is 26.8. The van der Waals surface area contributed by atoms with Crippen molar-refractivity contribution in [3.05, 3.63) is 84.4 Å². The SMILES string of the molecule is CN.Nc1ccc2c(c1)OC(c1ccccc1)n1c-2cc2ccccc21. The number of nitrogens with two attached hydrogens (primary N) is 2. The fourth-order valence-electron chi connectivity index (χ4n) is 3.49. The molecule has 0 spiro atoms. The third-order valence-corrected chi connectivity index (χ3v) is 4.59. The van der Waals surface area contributed by atoms with Gasteiger partial charge in [0.15, 0.2) is 0 Å². The molecule has 130 valence electrons. The first-order valence-corrected chi connectivity index (χ1v) is 8.60. The summed E-state index contributed by atoms with van der Waals surface area (Å²) in [6.07, 6.45) is -0.199. The summed E-state index contributed by atoms with van der Waals surface area (Å²) in [7, 11) is 1.50. The highest BCUT2D eigenvalue weighted by molar-refractivity contribution is 5.89. The summed E-state index contributed by atoms with van der Waals surface area (Å²) < 4.78 is 8.64. The van der Waals surface area contributed by atoms with Crippen molar-refractivity contribution in [3.8, 4) is 17.0 Å². The van der Waals surface area contributed by atoms with Crippen LogP contribution in [0, 0.1) is 0 Å². The predicted octanol–water partition coefficient (Wildman–Crippen LogP) is 4.40. The Morgan fingerprint density at radius 2 is 1.58 bits per heavy atom. The number of rotatable bonds is 1. The van der Waals surface area contributed by atoms with Crippen LogP contribution in [0.3, 0.4) is 0 Å². The first kappa shape index (κ1) is 16.2. The van der Waals surface area contributed by atoms with Crippen LogP contribution in [0.2, 0.25) is 0 Å². The second-order valence-electron chi connectivity index (χ2n) is 6.09. The smallest absolute Gasteiger partial charge is 0.203 e. The van der Waals surface area contributed by atoms with E-state index in [2.05, 4.69) is 52.8 Å². The predicted molar refractivity (Wildman–Crippen MR) is 107 cm³/mol. The monoisotopic (exact) mass is 343 g/mol. The van der Waals surface area contributed by atoms with Gasteiger partial charge in [0.25, 0.3) is 0 Å². The van der Waals surface area contributed by atoms with E-state index in [1.165, 1.54) is 18.0 Å². The quantitative estimate of drug-likeness (QED) is 0.503. The van der Waals surface area contributed by atoms with Gasteiger partial charge in [0.2, 0.25) is 6.23 Å². The average Bonchev–Trinajstić information content (AvgIpc) is 3.09. The van der Waals surface area contributed by atoms with E-state index >= 15 is 0 Å². The van der Waals surface area contributed by atoms with Crippen molar-refractivity contribution in [2.24, 2.45) is 5.73 Å². The summed E-state index contributed by atoms with van der Waals surface area (Å²) >= 11 is 0. The van der Waals surface area contributed by atoms with E-state index in [1.807, 2.05) is 36.4 Å². The molecule has 1 aliphatic rings. The van der Waals surface area contributed by atoms with Crippen molar-refractivity contribution < 1.29 is 4.74 Å².